The summed E-state index contributed by atoms with van der Waals surface area (Å²) in [5.74, 6) is 0.384. The summed E-state index contributed by atoms with van der Waals surface area (Å²) in [5.41, 5.74) is 1.26. The molecule has 0 unspecified atom stereocenters. The topological polar surface area (TPSA) is 43.8 Å². The van der Waals surface area contributed by atoms with Crippen molar-refractivity contribution in [2.24, 2.45) is 5.92 Å². The van der Waals surface area contributed by atoms with Gasteiger partial charge < -0.3 is 10.0 Å². The third-order valence-electron chi connectivity index (χ3n) is 3.68. The number of rotatable bonds is 3. The zero-order valence-corrected chi connectivity index (χ0v) is 10.9. The van der Waals surface area contributed by atoms with Crippen molar-refractivity contribution in [2.75, 3.05) is 20.1 Å². The van der Waals surface area contributed by atoms with Gasteiger partial charge >= 0.3 is 6.09 Å². The molecule has 0 aliphatic carbocycles. The first-order valence-electron chi connectivity index (χ1n) is 6.30. The van der Waals surface area contributed by atoms with Crippen molar-refractivity contribution in [3.63, 3.8) is 0 Å². The van der Waals surface area contributed by atoms with Crippen LogP contribution in [-0.2, 0) is 6.54 Å². The Bertz CT molecular complexity index is 408. The molecule has 4 heteroatoms. The van der Waals surface area contributed by atoms with E-state index in [1.807, 2.05) is 18.2 Å². The SMILES string of the molecule is C[C@H]1CN(C(=O)O)C[C@@H]1N(C)Cc1ccccc1. The van der Waals surface area contributed by atoms with Crippen molar-refractivity contribution in [2.45, 2.75) is 19.5 Å². The Morgan fingerprint density at radius 3 is 2.61 bits per heavy atom. The second kappa shape index (κ2) is 5.40. The van der Waals surface area contributed by atoms with Gasteiger partial charge in [0.05, 0.1) is 0 Å². The summed E-state index contributed by atoms with van der Waals surface area (Å²) in [4.78, 5) is 14.7. The molecule has 0 aromatic heterocycles. The van der Waals surface area contributed by atoms with Gasteiger partial charge in [0.25, 0.3) is 0 Å². The van der Waals surface area contributed by atoms with E-state index in [1.54, 1.807) is 0 Å². The monoisotopic (exact) mass is 248 g/mol. The average Bonchev–Trinajstić information content (AvgIpc) is 2.73. The molecule has 1 N–H and O–H groups in total. The van der Waals surface area contributed by atoms with E-state index < -0.39 is 6.09 Å². The lowest BCUT2D eigenvalue weighted by atomic mass is 10.0. The molecule has 1 amide bonds. The minimum atomic E-state index is -0.808. The summed E-state index contributed by atoms with van der Waals surface area (Å²) in [6, 6.07) is 10.6. The van der Waals surface area contributed by atoms with Crippen LogP contribution in [0.15, 0.2) is 30.3 Å². The minimum absolute atomic E-state index is 0.307. The third-order valence-corrected chi connectivity index (χ3v) is 3.68. The minimum Gasteiger partial charge on any atom is -0.465 e. The molecule has 0 spiro atoms. The van der Waals surface area contributed by atoms with Crippen LogP contribution < -0.4 is 0 Å². The summed E-state index contributed by atoms with van der Waals surface area (Å²) in [5, 5.41) is 9.03. The molecule has 1 heterocycles. The molecule has 1 aromatic rings. The van der Waals surface area contributed by atoms with E-state index in [1.165, 1.54) is 10.5 Å². The third kappa shape index (κ3) is 2.82. The van der Waals surface area contributed by atoms with Crippen LogP contribution in [-0.4, -0.2) is 47.2 Å². The molecule has 1 aliphatic heterocycles. The number of likely N-dealkylation sites (N-methyl/N-ethyl adjacent to an activating group) is 1. The Hall–Kier alpha value is -1.55. The van der Waals surface area contributed by atoms with Crippen molar-refractivity contribution in [3.05, 3.63) is 35.9 Å². The first-order valence-corrected chi connectivity index (χ1v) is 6.30. The van der Waals surface area contributed by atoms with Gasteiger partial charge in [0.1, 0.15) is 0 Å². The van der Waals surface area contributed by atoms with Gasteiger partial charge in [-0.2, -0.15) is 0 Å². The zero-order chi connectivity index (χ0) is 13.1. The van der Waals surface area contributed by atoms with Gasteiger partial charge in [-0.05, 0) is 18.5 Å². The van der Waals surface area contributed by atoms with E-state index in [2.05, 4.69) is 31.0 Å². The van der Waals surface area contributed by atoms with E-state index in [4.69, 9.17) is 5.11 Å². The number of likely N-dealkylation sites (tertiary alicyclic amines) is 1. The maximum atomic E-state index is 11.0. The van der Waals surface area contributed by atoms with Gasteiger partial charge in [-0.1, -0.05) is 37.3 Å². The average molecular weight is 248 g/mol. The zero-order valence-electron chi connectivity index (χ0n) is 10.9. The van der Waals surface area contributed by atoms with Crippen LogP contribution in [0.2, 0.25) is 0 Å². The Kier molecular flexibility index (Phi) is 3.87. The maximum Gasteiger partial charge on any atom is 0.407 e. The smallest absolute Gasteiger partial charge is 0.407 e. The van der Waals surface area contributed by atoms with Gasteiger partial charge in [-0.15, -0.1) is 0 Å². The normalized spacial score (nSPS) is 23.6. The standard InChI is InChI=1S/C14H20N2O2/c1-11-8-16(14(17)18)10-13(11)15(2)9-12-6-4-3-5-7-12/h3-7,11,13H,8-10H2,1-2H3,(H,17,18)/t11-,13-/m0/s1. The predicted octanol–water partition coefficient (Wildman–Crippen LogP) is 2.12. The quantitative estimate of drug-likeness (QED) is 0.891. The van der Waals surface area contributed by atoms with Crippen LogP contribution in [0.3, 0.4) is 0 Å². The number of nitrogens with zero attached hydrogens (tertiary/aromatic N) is 2. The second-order valence-electron chi connectivity index (χ2n) is 5.13. The number of carbonyl (C=O) groups is 1. The van der Waals surface area contributed by atoms with Crippen molar-refractivity contribution in [1.82, 2.24) is 9.80 Å². The number of amides is 1. The van der Waals surface area contributed by atoms with Crippen molar-refractivity contribution < 1.29 is 9.90 Å². The number of carboxylic acid groups (broad SMARTS) is 1. The van der Waals surface area contributed by atoms with Crippen LogP contribution in [0.1, 0.15) is 12.5 Å². The van der Waals surface area contributed by atoms with Gasteiger partial charge in [-0.25, -0.2) is 4.79 Å². The number of hydrogen-bond donors (Lipinski definition) is 1. The molecule has 2 atom stereocenters. The lowest BCUT2D eigenvalue weighted by molar-refractivity contribution is 0.149. The molecule has 2 rings (SSSR count). The van der Waals surface area contributed by atoms with E-state index in [0.717, 1.165) is 6.54 Å². The highest BCUT2D eigenvalue weighted by Crippen LogP contribution is 2.22. The molecule has 98 valence electrons. The van der Waals surface area contributed by atoms with Gasteiger partial charge in [0.15, 0.2) is 0 Å². The summed E-state index contributed by atoms with van der Waals surface area (Å²) in [6.45, 7) is 4.23. The summed E-state index contributed by atoms with van der Waals surface area (Å²) >= 11 is 0. The van der Waals surface area contributed by atoms with Crippen LogP contribution in [0, 0.1) is 5.92 Å². The molecular weight excluding hydrogens is 228 g/mol. The van der Waals surface area contributed by atoms with E-state index >= 15 is 0 Å². The van der Waals surface area contributed by atoms with Gasteiger partial charge in [-0.3, -0.25) is 4.90 Å². The van der Waals surface area contributed by atoms with E-state index in [9.17, 15) is 4.79 Å². The molecule has 0 radical (unpaired) electrons. The fourth-order valence-corrected chi connectivity index (χ4v) is 2.67. The maximum absolute atomic E-state index is 11.0. The van der Waals surface area contributed by atoms with E-state index in [-0.39, 0.29) is 0 Å². The fraction of sp³-hybridized carbons (Fsp3) is 0.500. The Morgan fingerprint density at radius 1 is 1.39 bits per heavy atom. The van der Waals surface area contributed by atoms with Crippen molar-refractivity contribution in [3.8, 4) is 0 Å². The fourth-order valence-electron chi connectivity index (χ4n) is 2.67. The molecule has 4 nitrogen and oxygen atoms in total. The van der Waals surface area contributed by atoms with Crippen molar-refractivity contribution >= 4 is 6.09 Å². The molecule has 1 aromatic carbocycles. The van der Waals surface area contributed by atoms with Crippen LogP contribution in [0.4, 0.5) is 4.79 Å². The molecule has 1 aliphatic rings. The molecule has 18 heavy (non-hydrogen) atoms. The van der Waals surface area contributed by atoms with Crippen molar-refractivity contribution in [1.29, 1.82) is 0 Å². The second-order valence-corrected chi connectivity index (χ2v) is 5.13. The molecule has 1 fully saturated rings. The molecule has 1 saturated heterocycles. The van der Waals surface area contributed by atoms with Gasteiger partial charge in [0.2, 0.25) is 0 Å². The largest absolute Gasteiger partial charge is 0.465 e. The number of hydrogen-bond acceptors (Lipinski definition) is 2. The van der Waals surface area contributed by atoms with Crippen LogP contribution >= 0.6 is 0 Å². The van der Waals surface area contributed by atoms with Crippen LogP contribution in [0.5, 0.6) is 0 Å². The predicted molar refractivity (Wildman–Crippen MR) is 70.5 cm³/mol. The highest BCUT2D eigenvalue weighted by molar-refractivity contribution is 5.65. The first kappa shape index (κ1) is 12.9. The Labute approximate surface area is 108 Å². The lowest BCUT2D eigenvalue weighted by Gasteiger charge is -2.27. The Balaban J connectivity index is 1.97. The highest BCUT2D eigenvalue weighted by Gasteiger charge is 2.34. The Morgan fingerprint density at radius 2 is 2.06 bits per heavy atom. The molecule has 0 saturated carbocycles. The number of benzene rings is 1. The van der Waals surface area contributed by atoms with E-state index in [0.29, 0.717) is 25.0 Å². The van der Waals surface area contributed by atoms with Gasteiger partial charge in [0, 0.05) is 25.7 Å². The highest BCUT2D eigenvalue weighted by atomic mass is 16.4. The van der Waals surface area contributed by atoms with Crippen LogP contribution in [0.25, 0.3) is 0 Å². The first-order chi connectivity index (χ1) is 8.58. The molecular formula is C14H20N2O2. The molecule has 0 bridgehead atoms. The summed E-state index contributed by atoms with van der Waals surface area (Å²) in [6.07, 6.45) is -0.808. The summed E-state index contributed by atoms with van der Waals surface area (Å²) in [7, 11) is 2.07. The summed E-state index contributed by atoms with van der Waals surface area (Å²) < 4.78 is 0. The lowest BCUT2D eigenvalue weighted by Crippen LogP contribution is -2.37.